The summed E-state index contributed by atoms with van der Waals surface area (Å²) in [6, 6.07) is 0.830. The van der Waals surface area contributed by atoms with Crippen molar-refractivity contribution in [2.45, 2.75) is 32.7 Å². The number of nitrogens with zero attached hydrogens (tertiary/aromatic N) is 1. The van der Waals surface area contributed by atoms with Gasteiger partial charge >= 0.3 is 0 Å². The van der Waals surface area contributed by atoms with Gasteiger partial charge in [0.05, 0.1) is 0 Å². The zero-order chi connectivity index (χ0) is 9.26. The maximum atomic E-state index is 3.35. The number of hydrogen-bond donors (Lipinski definition) is 1. The van der Waals surface area contributed by atoms with Crippen LogP contribution >= 0.6 is 0 Å². The van der Waals surface area contributed by atoms with Crippen LogP contribution in [0.4, 0.5) is 0 Å². The predicted molar refractivity (Wildman–Crippen MR) is 55.8 cm³/mol. The van der Waals surface area contributed by atoms with Crippen molar-refractivity contribution in [3.05, 3.63) is 0 Å². The summed E-state index contributed by atoms with van der Waals surface area (Å²) in [4.78, 5) is 2.69. The zero-order valence-corrected chi connectivity index (χ0v) is 8.92. The Bertz CT molecular complexity index is 165. The average Bonchev–Trinajstić information content (AvgIpc) is 2.03. The predicted octanol–water partition coefficient (Wildman–Crippen LogP) is 1.33. The highest BCUT2D eigenvalue weighted by molar-refractivity contribution is 4.83. The normalized spacial score (nSPS) is 37.4. The Morgan fingerprint density at radius 3 is 2.62 bits per heavy atom. The van der Waals surface area contributed by atoms with E-state index in [-0.39, 0.29) is 0 Å². The SMILES string of the molecule is CC1CCC(C)N(CC2CNC2)C1. The van der Waals surface area contributed by atoms with Gasteiger partial charge in [-0.05, 0) is 31.6 Å². The molecule has 13 heavy (non-hydrogen) atoms. The van der Waals surface area contributed by atoms with Gasteiger partial charge in [0.2, 0.25) is 0 Å². The molecule has 0 radical (unpaired) electrons. The summed E-state index contributed by atoms with van der Waals surface area (Å²) in [6.07, 6.45) is 2.84. The highest BCUT2D eigenvalue weighted by atomic mass is 15.2. The molecule has 2 atom stereocenters. The first-order valence-electron chi connectivity index (χ1n) is 5.70. The largest absolute Gasteiger partial charge is 0.316 e. The van der Waals surface area contributed by atoms with Crippen molar-refractivity contribution in [2.75, 3.05) is 26.2 Å². The van der Waals surface area contributed by atoms with Crippen LogP contribution in [0.3, 0.4) is 0 Å². The van der Waals surface area contributed by atoms with Gasteiger partial charge < -0.3 is 10.2 Å². The summed E-state index contributed by atoms with van der Waals surface area (Å²) < 4.78 is 0. The Morgan fingerprint density at radius 1 is 1.23 bits per heavy atom. The third-order valence-electron chi connectivity index (χ3n) is 3.61. The Kier molecular flexibility index (Phi) is 2.89. The Hall–Kier alpha value is -0.0800. The summed E-state index contributed by atoms with van der Waals surface area (Å²) in [5.74, 6) is 1.86. The maximum Gasteiger partial charge on any atom is 0.00672 e. The van der Waals surface area contributed by atoms with Crippen LogP contribution in [-0.4, -0.2) is 37.1 Å². The number of likely N-dealkylation sites (tertiary alicyclic amines) is 1. The molecule has 2 nitrogen and oxygen atoms in total. The molecule has 2 aliphatic heterocycles. The molecule has 2 heterocycles. The molecular weight excluding hydrogens is 160 g/mol. The quantitative estimate of drug-likeness (QED) is 0.693. The lowest BCUT2D eigenvalue weighted by molar-refractivity contribution is 0.0919. The molecule has 0 bridgehead atoms. The first-order valence-corrected chi connectivity index (χ1v) is 5.70. The van der Waals surface area contributed by atoms with Crippen LogP contribution < -0.4 is 5.32 Å². The third kappa shape index (κ3) is 2.23. The third-order valence-corrected chi connectivity index (χ3v) is 3.61. The minimum absolute atomic E-state index is 0.830. The fourth-order valence-electron chi connectivity index (χ4n) is 2.44. The molecule has 0 aromatic carbocycles. The van der Waals surface area contributed by atoms with Crippen molar-refractivity contribution in [3.63, 3.8) is 0 Å². The van der Waals surface area contributed by atoms with Crippen molar-refractivity contribution < 1.29 is 0 Å². The molecule has 0 aromatic heterocycles. The van der Waals surface area contributed by atoms with Crippen LogP contribution in [0.5, 0.6) is 0 Å². The zero-order valence-electron chi connectivity index (χ0n) is 8.92. The molecule has 1 N–H and O–H groups in total. The van der Waals surface area contributed by atoms with Gasteiger partial charge in [-0.3, -0.25) is 0 Å². The highest BCUT2D eigenvalue weighted by Crippen LogP contribution is 2.22. The monoisotopic (exact) mass is 182 g/mol. The molecular formula is C11H22N2. The minimum atomic E-state index is 0.830. The topological polar surface area (TPSA) is 15.3 Å². The van der Waals surface area contributed by atoms with Crippen molar-refractivity contribution in [1.82, 2.24) is 10.2 Å². The molecule has 0 spiro atoms. The summed E-state index contributed by atoms with van der Waals surface area (Å²) in [7, 11) is 0. The van der Waals surface area contributed by atoms with Gasteiger partial charge in [0.1, 0.15) is 0 Å². The second-order valence-corrected chi connectivity index (χ2v) is 5.01. The van der Waals surface area contributed by atoms with Gasteiger partial charge in [-0.15, -0.1) is 0 Å². The van der Waals surface area contributed by atoms with Gasteiger partial charge in [0, 0.05) is 32.2 Å². The molecule has 2 fully saturated rings. The van der Waals surface area contributed by atoms with Crippen LogP contribution in [0.2, 0.25) is 0 Å². The van der Waals surface area contributed by atoms with Crippen molar-refractivity contribution in [3.8, 4) is 0 Å². The van der Waals surface area contributed by atoms with Crippen molar-refractivity contribution >= 4 is 0 Å². The fraction of sp³-hybridized carbons (Fsp3) is 1.00. The summed E-state index contributed by atoms with van der Waals surface area (Å²) in [5.41, 5.74) is 0. The number of rotatable bonds is 2. The van der Waals surface area contributed by atoms with E-state index in [1.165, 1.54) is 39.0 Å². The van der Waals surface area contributed by atoms with E-state index in [4.69, 9.17) is 0 Å². The molecule has 0 saturated carbocycles. The summed E-state index contributed by atoms with van der Waals surface area (Å²) in [5, 5.41) is 3.35. The lowest BCUT2D eigenvalue weighted by atomic mass is 9.93. The van der Waals surface area contributed by atoms with Crippen LogP contribution in [-0.2, 0) is 0 Å². The number of piperidine rings is 1. The van der Waals surface area contributed by atoms with Crippen molar-refractivity contribution in [2.24, 2.45) is 11.8 Å². The Labute approximate surface area is 81.7 Å². The summed E-state index contributed by atoms with van der Waals surface area (Å²) in [6.45, 7) is 9.93. The van der Waals surface area contributed by atoms with Gasteiger partial charge in [-0.2, -0.15) is 0 Å². The van der Waals surface area contributed by atoms with E-state index in [9.17, 15) is 0 Å². The van der Waals surface area contributed by atoms with Crippen LogP contribution in [0.1, 0.15) is 26.7 Å². The summed E-state index contributed by atoms with van der Waals surface area (Å²) >= 11 is 0. The first-order chi connectivity index (χ1) is 6.25. The number of hydrogen-bond acceptors (Lipinski definition) is 2. The molecule has 2 saturated heterocycles. The standard InChI is InChI=1S/C11H22N2/c1-9-3-4-10(2)13(7-9)8-11-5-12-6-11/h9-12H,3-8H2,1-2H3. The van der Waals surface area contributed by atoms with E-state index < -0.39 is 0 Å². The molecule has 76 valence electrons. The van der Waals surface area contributed by atoms with Gasteiger partial charge in [0.25, 0.3) is 0 Å². The van der Waals surface area contributed by atoms with E-state index in [0.717, 1.165) is 17.9 Å². The maximum absolute atomic E-state index is 3.35. The molecule has 0 amide bonds. The van der Waals surface area contributed by atoms with Gasteiger partial charge in [-0.25, -0.2) is 0 Å². The highest BCUT2D eigenvalue weighted by Gasteiger charge is 2.27. The molecule has 2 unspecified atom stereocenters. The van der Waals surface area contributed by atoms with E-state index in [0.29, 0.717) is 0 Å². The minimum Gasteiger partial charge on any atom is -0.316 e. The van der Waals surface area contributed by atoms with Crippen LogP contribution in [0.25, 0.3) is 0 Å². The Balaban J connectivity index is 1.80. The van der Waals surface area contributed by atoms with E-state index in [1.54, 1.807) is 0 Å². The van der Waals surface area contributed by atoms with Crippen LogP contribution in [0.15, 0.2) is 0 Å². The van der Waals surface area contributed by atoms with Gasteiger partial charge in [0.15, 0.2) is 0 Å². The lowest BCUT2D eigenvalue weighted by Crippen LogP contribution is -2.52. The average molecular weight is 182 g/mol. The van der Waals surface area contributed by atoms with Crippen molar-refractivity contribution in [1.29, 1.82) is 0 Å². The second-order valence-electron chi connectivity index (χ2n) is 5.01. The fourth-order valence-corrected chi connectivity index (χ4v) is 2.44. The van der Waals surface area contributed by atoms with E-state index in [2.05, 4.69) is 24.1 Å². The first kappa shape index (κ1) is 9.47. The van der Waals surface area contributed by atoms with E-state index in [1.807, 2.05) is 0 Å². The molecule has 2 rings (SSSR count). The molecule has 2 heteroatoms. The second kappa shape index (κ2) is 3.97. The Morgan fingerprint density at radius 2 is 2.00 bits per heavy atom. The molecule has 2 aliphatic rings. The van der Waals surface area contributed by atoms with Gasteiger partial charge in [-0.1, -0.05) is 6.92 Å². The smallest absolute Gasteiger partial charge is 0.00672 e. The number of nitrogens with one attached hydrogen (secondary N) is 1. The van der Waals surface area contributed by atoms with Crippen LogP contribution in [0, 0.1) is 11.8 Å². The molecule has 0 aliphatic carbocycles. The lowest BCUT2D eigenvalue weighted by Gasteiger charge is -2.41. The molecule has 0 aromatic rings. The van der Waals surface area contributed by atoms with E-state index >= 15 is 0 Å².